The van der Waals surface area contributed by atoms with Crippen molar-refractivity contribution in [2.24, 2.45) is 5.92 Å². The molecular weight excluding hydrogens is 372 g/mol. The number of imidazole rings is 1. The van der Waals surface area contributed by atoms with E-state index in [1.807, 2.05) is 62.4 Å². The van der Waals surface area contributed by atoms with Crippen molar-refractivity contribution in [2.45, 2.75) is 33.2 Å². The lowest BCUT2D eigenvalue weighted by Gasteiger charge is -2.12. The molecule has 0 aliphatic rings. The highest BCUT2D eigenvalue weighted by Gasteiger charge is 2.17. The maximum Gasteiger partial charge on any atom is 0.314 e. The van der Waals surface area contributed by atoms with E-state index in [0.717, 1.165) is 41.8 Å². The molecular formula is C26H26N2O2. The largest absolute Gasteiger partial charge is 0.426 e. The first-order chi connectivity index (χ1) is 14.7. The van der Waals surface area contributed by atoms with Crippen molar-refractivity contribution in [1.82, 2.24) is 9.55 Å². The summed E-state index contributed by atoms with van der Waals surface area (Å²) in [5.41, 5.74) is 4.27. The number of rotatable bonds is 7. The molecule has 4 heteroatoms. The smallest absolute Gasteiger partial charge is 0.314 e. The molecule has 0 aliphatic carbocycles. The molecule has 0 radical (unpaired) electrons. The Bertz CT molecular complexity index is 1130. The minimum Gasteiger partial charge on any atom is -0.426 e. The van der Waals surface area contributed by atoms with Crippen LogP contribution in [0.1, 0.15) is 32.3 Å². The second-order valence-electron chi connectivity index (χ2n) is 7.45. The first-order valence-corrected chi connectivity index (χ1v) is 10.5. The Kier molecular flexibility index (Phi) is 5.94. The van der Waals surface area contributed by atoms with Crippen molar-refractivity contribution < 1.29 is 9.53 Å². The standard InChI is InChI=1S/C26H26N2O2/c1-3-20(4-2)26(29)30-22-16-14-21(15-17-22)25-27-23-12-8-9-13-24(23)28(25)18-19-10-6-5-7-11-19/h5-17,20H,3-4,18H2,1-2H3. The molecule has 0 bridgehead atoms. The van der Waals surface area contributed by atoms with E-state index in [1.165, 1.54) is 5.56 Å². The Balaban J connectivity index is 1.66. The van der Waals surface area contributed by atoms with Crippen molar-refractivity contribution in [3.05, 3.63) is 84.4 Å². The van der Waals surface area contributed by atoms with Crippen LogP contribution >= 0.6 is 0 Å². The summed E-state index contributed by atoms with van der Waals surface area (Å²) in [7, 11) is 0. The third-order valence-electron chi connectivity index (χ3n) is 5.49. The van der Waals surface area contributed by atoms with Gasteiger partial charge in [-0.3, -0.25) is 4.79 Å². The highest BCUT2D eigenvalue weighted by Crippen LogP contribution is 2.28. The molecule has 0 atom stereocenters. The van der Waals surface area contributed by atoms with Crippen molar-refractivity contribution in [3.63, 3.8) is 0 Å². The molecule has 0 saturated carbocycles. The van der Waals surface area contributed by atoms with Gasteiger partial charge in [-0.25, -0.2) is 4.98 Å². The summed E-state index contributed by atoms with van der Waals surface area (Å²) in [6.45, 7) is 4.76. The van der Waals surface area contributed by atoms with Gasteiger partial charge >= 0.3 is 5.97 Å². The molecule has 0 spiro atoms. The molecule has 4 aromatic rings. The number of carbonyl (C=O) groups excluding carboxylic acids is 1. The molecule has 4 rings (SSSR count). The van der Waals surface area contributed by atoms with Gasteiger partial charge in [0.15, 0.2) is 0 Å². The minimum absolute atomic E-state index is 0.0558. The fourth-order valence-electron chi connectivity index (χ4n) is 3.72. The van der Waals surface area contributed by atoms with Crippen molar-refractivity contribution in [3.8, 4) is 17.1 Å². The summed E-state index contributed by atoms with van der Waals surface area (Å²) in [5, 5.41) is 0. The molecule has 152 valence electrons. The molecule has 0 N–H and O–H groups in total. The monoisotopic (exact) mass is 398 g/mol. The van der Waals surface area contributed by atoms with E-state index >= 15 is 0 Å². The number of aromatic nitrogens is 2. The fourth-order valence-corrected chi connectivity index (χ4v) is 3.72. The van der Waals surface area contributed by atoms with Crippen LogP contribution in [0, 0.1) is 5.92 Å². The second kappa shape index (κ2) is 8.95. The summed E-state index contributed by atoms with van der Waals surface area (Å²) in [6.07, 6.45) is 1.58. The predicted molar refractivity (Wildman–Crippen MR) is 120 cm³/mol. The second-order valence-corrected chi connectivity index (χ2v) is 7.45. The first kappa shape index (κ1) is 19.9. The summed E-state index contributed by atoms with van der Waals surface area (Å²) >= 11 is 0. The maximum absolute atomic E-state index is 12.3. The fraction of sp³-hybridized carbons (Fsp3) is 0.231. The number of ether oxygens (including phenoxy) is 1. The Morgan fingerprint density at radius 1 is 0.900 bits per heavy atom. The number of esters is 1. The van der Waals surface area contributed by atoms with Gasteiger partial charge in [0.2, 0.25) is 0 Å². The van der Waals surface area contributed by atoms with Gasteiger partial charge in [0.25, 0.3) is 0 Å². The normalized spacial score (nSPS) is 11.2. The third-order valence-corrected chi connectivity index (χ3v) is 5.49. The zero-order chi connectivity index (χ0) is 20.9. The van der Waals surface area contributed by atoms with E-state index in [9.17, 15) is 4.79 Å². The molecule has 0 unspecified atom stereocenters. The molecule has 30 heavy (non-hydrogen) atoms. The van der Waals surface area contributed by atoms with E-state index < -0.39 is 0 Å². The maximum atomic E-state index is 12.3. The van der Waals surface area contributed by atoms with Gasteiger partial charge in [-0.05, 0) is 54.8 Å². The van der Waals surface area contributed by atoms with Crippen LogP contribution in [-0.4, -0.2) is 15.5 Å². The van der Waals surface area contributed by atoms with Gasteiger partial charge in [0, 0.05) is 12.1 Å². The lowest BCUT2D eigenvalue weighted by molar-refractivity contribution is -0.139. The van der Waals surface area contributed by atoms with Crippen molar-refractivity contribution in [1.29, 1.82) is 0 Å². The van der Waals surface area contributed by atoms with Crippen LogP contribution in [0.4, 0.5) is 0 Å². The Hall–Kier alpha value is -3.40. The topological polar surface area (TPSA) is 44.1 Å². The zero-order valence-electron chi connectivity index (χ0n) is 17.4. The van der Waals surface area contributed by atoms with Crippen LogP contribution in [-0.2, 0) is 11.3 Å². The molecule has 0 saturated heterocycles. The zero-order valence-corrected chi connectivity index (χ0v) is 17.4. The van der Waals surface area contributed by atoms with Gasteiger partial charge < -0.3 is 9.30 Å². The van der Waals surface area contributed by atoms with Crippen LogP contribution in [0.3, 0.4) is 0 Å². The third kappa shape index (κ3) is 4.13. The van der Waals surface area contributed by atoms with E-state index in [-0.39, 0.29) is 11.9 Å². The van der Waals surface area contributed by atoms with Crippen molar-refractivity contribution >= 4 is 17.0 Å². The number of para-hydroxylation sites is 2. The minimum atomic E-state index is -0.163. The lowest BCUT2D eigenvalue weighted by atomic mass is 10.0. The summed E-state index contributed by atoms with van der Waals surface area (Å²) < 4.78 is 7.80. The van der Waals surface area contributed by atoms with Gasteiger partial charge in [0.1, 0.15) is 11.6 Å². The summed E-state index contributed by atoms with van der Waals surface area (Å²) in [5.74, 6) is 1.25. The van der Waals surface area contributed by atoms with Crippen molar-refractivity contribution in [2.75, 3.05) is 0 Å². The number of carbonyl (C=O) groups is 1. The number of fused-ring (bicyclic) bond motifs is 1. The Morgan fingerprint density at radius 2 is 1.57 bits per heavy atom. The van der Waals surface area contributed by atoms with E-state index in [2.05, 4.69) is 34.9 Å². The Labute approximate surface area is 177 Å². The van der Waals surface area contributed by atoms with Crippen LogP contribution < -0.4 is 4.74 Å². The molecule has 4 nitrogen and oxygen atoms in total. The Morgan fingerprint density at radius 3 is 2.27 bits per heavy atom. The SMILES string of the molecule is CCC(CC)C(=O)Oc1ccc(-c2nc3ccccc3n2Cc2ccccc2)cc1. The molecule has 1 heterocycles. The van der Waals surface area contributed by atoms with Gasteiger partial charge in [-0.1, -0.05) is 56.3 Å². The lowest BCUT2D eigenvalue weighted by Crippen LogP contribution is -2.19. The number of nitrogens with zero attached hydrogens (tertiary/aromatic N) is 2. The van der Waals surface area contributed by atoms with E-state index in [1.54, 1.807) is 0 Å². The van der Waals surface area contributed by atoms with E-state index in [0.29, 0.717) is 5.75 Å². The number of hydrogen-bond acceptors (Lipinski definition) is 3. The quantitative estimate of drug-likeness (QED) is 0.279. The van der Waals surface area contributed by atoms with Crippen LogP contribution in [0.15, 0.2) is 78.9 Å². The average Bonchev–Trinajstić information content (AvgIpc) is 3.14. The van der Waals surface area contributed by atoms with Crippen LogP contribution in [0.25, 0.3) is 22.4 Å². The predicted octanol–water partition coefficient (Wildman–Crippen LogP) is 6.09. The molecule has 1 aromatic heterocycles. The van der Waals surface area contributed by atoms with Gasteiger partial charge in [-0.15, -0.1) is 0 Å². The highest BCUT2D eigenvalue weighted by atomic mass is 16.5. The molecule has 3 aromatic carbocycles. The van der Waals surface area contributed by atoms with Crippen LogP contribution in [0.5, 0.6) is 5.75 Å². The summed E-state index contributed by atoms with van der Waals surface area (Å²) in [4.78, 5) is 17.1. The average molecular weight is 399 g/mol. The summed E-state index contributed by atoms with van der Waals surface area (Å²) in [6, 6.07) is 26.2. The number of benzene rings is 3. The number of hydrogen-bond donors (Lipinski definition) is 0. The van der Waals surface area contributed by atoms with E-state index in [4.69, 9.17) is 9.72 Å². The molecule has 0 fully saturated rings. The molecule has 0 amide bonds. The molecule has 0 aliphatic heterocycles. The first-order valence-electron chi connectivity index (χ1n) is 10.5. The van der Waals surface area contributed by atoms with Gasteiger partial charge in [-0.2, -0.15) is 0 Å². The highest BCUT2D eigenvalue weighted by molar-refractivity contribution is 5.81. The van der Waals surface area contributed by atoms with Crippen LogP contribution in [0.2, 0.25) is 0 Å². The van der Waals surface area contributed by atoms with Gasteiger partial charge in [0.05, 0.1) is 17.0 Å².